The standard InChI is InChI=1S/C18H23N3O/c1-4-14-6-5-7-16(12-14)20-18(22)19-13-15-8-10-17(11-9-15)21(2)3/h5-12H,4,13H2,1-3H3,(H2,19,20,22). The van der Waals surface area contributed by atoms with Crippen molar-refractivity contribution in [2.45, 2.75) is 19.9 Å². The van der Waals surface area contributed by atoms with E-state index in [1.807, 2.05) is 61.5 Å². The zero-order valence-electron chi connectivity index (χ0n) is 13.4. The quantitative estimate of drug-likeness (QED) is 0.885. The Kier molecular flexibility index (Phi) is 5.42. The fourth-order valence-electron chi connectivity index (χ4n) is 2.14. The number of urea groups is 1. The molecule has 0 saturated carbocycles. The number of nitrogens with zero attached hydrogens (tertiary/aromatic N) is 1. The van der Waals surface area contributed by atoms with Crippen molar-refractivity contribution in [3.8, 4) is 0 Å². The number of aryl methyl sites for hydroxylation is 1. The van der Waals surface area contributed by atoms with Crippen molar-refractivity contribution in [2.75, 3.05) is 24.3 Å². The fourth-order valence-corrected chi connectivity index (χ4v) is 2.14. The van der Waals surface area contributed by atoms with Crippen LogP contribution in [-0.4, -0.2) is 20.1 Å². The molecule has 0 atom stereocenters. The Labute approximate surface area is 132 Å². The molecule has 0 radical (unpaired) electrons. The van der Waals surface area contributed by atoms with Crippen LogP contribution in [0.15, 0.2) is 48.5 Å². The molecule has 0 aliphatic heterocycles. The molecule has 0 heterocycles. The van der Waals surface area contributed by atoms with Gasteiger partial charge in [-0.25, -0.2) is 4.79 Å². The number of carbonyl (C=O) groups is 1. The summed E-state index contributed by atoms with van der Waals surface area (Å²) in [6.45, 7) is 2.60. The Morgan fingerprint density at radius 2 is 1.77 bits per heavy atom. The van der Waals surface area contributed by atoms with Crippen LogP contribution in [0.3, 0.4) is 0 Å². The first kappa shape index (κ1) is 15.9. The van der Waals surface area contributed by atoms with Crippen molar-refractivity contribution in [1.29, 1.82) is 0 Å². The van der Waals surface area contributed by atoms with Gasteiger partial charge >= 0.3 is 6.03 Å². The number of amides is 2. The van der Waals surface area contributed by atoms with E-state index in [-0.39, 0.29) is 6.03 Å². The zero-order chi connectivity index (χ0) is 15.9. The van der Waals surface area contributed by atoms with Crippen LogP contribution in [0.5, 0.6) is 0 Å². The van der Waals surface area contributed by atoms with Crippen molar-refractivity contribution in [2.24, 2.45) is 0 Å². The second-order valence-corrected chi connectivity index (χ2v) is 5.42. The van der Waals surface area contributed by atoms with Gasteiger partial charge in [0.25, 0.3) is 0 Å². The molecule has 0 aliphatic rings. The lowest BCUT2D eigenvalue weighted by Gasteiger charge is -2.13. The normalized spacial score (nSPS) is 10.1. The second kappa shape index (κ2) is 7.50. The summed E-state index contributed by atoms with van der Waals surface area (Å²) in [6.07, 6.45) is 0.954. The molecule has 2 rings (SSSR count). The number of anilines is 2. The van der Waals surface area contributed by atoms with Gasteiger partial charge in [0.2, 0.25) is 0 Å². The Bertz CT molecular complexity index is 620. The Morgan fingerprint density at radius 3 is 2.41 bits per heavy atom. The molecule has 22 heavy (non-hydrogen) atoms. The molecule has 2 amide bonds. The number of hydrogen-bond acceptors (Lipinski definition) is 2. The Hall–Kier alpha value is -2.49. The first-order chi connectivity index (χ1) is 10.6. The predicted molar refractivity (Wildman–Crippen MR) is 92.4 cm³/mol. The maximum Gasteiger partial charge on any atom is 0.319 e. The van der Waals surface area contributed by atoms with Crippen LogP contribution in [0.4, 0.5) is 16.2 Å². The summed E-state index contributed by atoms with van der Waals surface area (Å²) >= 11 is 0. The van der Waals surface area contributed by atoms with Gasteiger partial charge in [-0.3, -0.25) is 0 Å². The lowest BCUT2D eigenvalue weighted by Crippen LogP contribution is -2.28. The first-order valence-electron chi connectivity index (χ1n) is 7.48. The minimum atomic E-state index is -0.190. The van der Waals surface area contributed by atoms with E-state index in [9.17, 15) is 4.79 Å². The molecule has 4 heteroatoms. The van der Waals surface area contributed by atoms with Gasteiger partial charge in [0, 0.05) is 32.0 Å². The second-order valence-electron chi connectivity index (χ2n) is 5.42. The van der Waals surface area contributed by atoms with Gasteiger partial charge in [0.15, 0.2) is 0 Å². The van der Waals surface area contributed by atoms with Crippen LogP contribution < -0.4 is 15.5 Å². The molecule has 2 N–H and O–H groups in total. The molecule has 2 aromatic rings. The largest absolute Gasteiger partial charge is 0.378 e. The molecule has 0 bridgehead atoms. The van der Waals surface area contributed by atoms with E-state index >= 15 is 0 Å². The molecule has 0 spiro atoms. The van der Waals surface area contributed by atoms with Crippen LogP contribution in [0, 0.1) is 0 Å². The summed E-state index contributed by atoms with van der Waals surface area (Å²) in [5.41, 5.74) is 4.24. The molecule has 2 aromatic carbocycles. The molecule has 0 aliphatic carbocycles. The van der Waals surface area contributed by atoms with E-state index < -0.39 is 0 Å². The lowest BCUT2D eigenvalue weighted by atomic mass is 10.1. The number of rotatable bonds is 5. The topological polar surface area (TPSA) is 44.4 Å². The first-order valence-corrected chi connectivity index (χ1v) is 7.48. The van der Waals surface area contributed by atoms with E-state index in [2.05, 4.69) is 23.6 Å². The third-order valence-electron chi connectivity index (χ3n) is 3.50. The molecule has 0 unspecified atom stereocenters. The SMILES string of the molecule is CCc1cccc(NC(=O)NCc2ccc(N(C)C)cc2)c1. The van der Waals surface area contributed by atoms with Crippen LogP contribution in [0.2, 0.25) is 0 Å². The van der Waals surface area contributed by atoms with Crippen molar-refractivity contribution in [3.63, 3.8) is 0 Å². The monoisotopic (exact) mass is 297 g/mol. The highest BCUT2D eigenvalue weighted by Crippen LogP contribution is 2.13. The summed E-state index contributed by atoms with van der Waals surface area (Å²) < 4.78 is 0. The average Bonchev–Trinajstić information content (AvgIpc) is 2.53. The molecule has 4 nitrogen and oxygen atoms in total. The van der Waals surface area contributed by atoms with Gasteiger partial charge < -0.3 is 15.5 Å². The van der Waals surface area contributed by atoms with E-state index in [1.165, 1.54) is 5.56 Å². The third-order valence-corrected chi connectivity index (χ3v) is 3.50. The molecular formula is C18H23N3O. The van der Waals surface area contributed by atoms with Crippen LogP contribution in [-0.2, 0) is 13.0 Å². The number of benzene rings is 2. The maximum atomic E-state index is 11.9. The Morgan fingerprint density at radius 1 is 1.05 bits per heavy atom. The van der Waals surface area contributed by atoms with Crippen molar-refractivity contribution in [3.05, 3.63) is 59.7 Å². The molecular weight excluding hydrogens is 274 g/mol. The van der Waals surface area contributed by atoms with E-state index in [4.69, 9.17) is 0 Å². The third kappa shape index (κ3) is 4.52. The van der Waals surface area contributed by atoms with Gasteiger partial charge in [-0.05, 0) is 41.8 Å². The van der Waals surface area contributed by atoms with E-state index in [0.29, 0.717) is 6.54 Å². The summed E-state index contributed by atoms with van der Waals surface area (Å²) in [5, 5.41) is 5.73. The van der Waals surface area contributed by atoms with Crippen LogP contribution >= 0.6 is 0 Å². The van der Waals surface area contributed by atoms with Crippen LogP contribution in [0.1, 0.15) is 18.1 Å². The Balaban J connectivity index is 1.87. The summed E-state index contributed by atoms with van der Waals surface area (Å²) in [6, 6.07) is 15.8. The molecule has 0 saturated heterocycles. The molecule has 116 valence electrons. The van der Waals surface area contributed by atoms with Gasteiger partial charge in [-0.1, -0.05) is 31.2 Å². The van der Waals surface area contributed by atoms with Gasteiger partial charge in [-0.15, -0.1) is 0 Å². The van der Waals surface area contributed by atoms with Crippen LogP contribution in [0.25, 0.3) is 0 Å². The minimum absolute atomic E-state index is 0.190. The zero-order valence-corrected chi connectivity index (χ0v) is 13.4. The summed E-state index contributed by atoms with van der Waals surface area (Å²) in [4.78, 5) is 14.0. The molecule has 0 fully saturated rings. The maximum absolute atomic E-state index is 11.9. The number of nitrogens with one attached hydrogen (secondary N) is 2. The summed E-state index contributed by atoms with van der Waals surface area (Å²) in [7, 11) is 4.01. The minimum Gasteiger partial charge on any atom is -0.378 e. The molecule has 0 aromatic heterocycles. The fraction of sp³-hybridized carbons (Fsp3) is 0.278. The van der Waals surface area contributed by atoms with E-state index in [1.54, 1.807) is 0 Å². The van der Waals surface area contributed by atoms with Gasteiger partial charge in [0.05, 0.1) is 0 Å². The van der Waals surface area contributed by atoms with Crippen molar-refractivity contribution in [1.82, 2.24) is 5.32 Å². The van der Waals surface area contributed by atoms with Gasteiger partial charge in [0.1, 0.15) is 0 Å². The highest BCUT2D eigenvalue weighted by atomic mass is 16.2. The number of hydrogen-bond donors (Lipinski definition) is 2. The van der Waals surface area contributed by atoms with Crippen molar-refractivity contribution >= 4 is 17.4 Å². The number of carbonyl (C=O) groups excluding carboxylic acids is 1. The summed E-state index contributed by atoms with van der Waals surface area (Å²) in [5.74, 6) is 0. The smallest absolute Gasteiger partial charge is 0.319 e. The highest BCUT2D eigenvalue weighted by molar-refractivity contribution is 5.89. The lowest BCUT2D eigenvalue weighted by molar-refractivity contribution is 0.251. The predicted octanol–water partition coefficient (Wildman–Crippen LogP) is 3.64. The highest BCUT2D eigenvalue weighted by Gasteiger charge is 2.03. The van der Waals surface area contributed by atoms with Crippen molar-refractivity contribution < 1.29 is 4.79 Å². The average molecular weight is 297 g/mol. The van der Waals surface area contributed by atoms with E-state index in [0.717, 1.165) is 23.4 Å². The van der Waals surface area contributed by atoms with Gasteiger partial charge in [-0.2, -0.15) is 0 Å².